The Kier molecular flexibility index (Phi) is 6.17. The van der Waals surface area contributed by atoms with E-state index in [0.717, 1.165) is 4.31 Å². The van der Waals surface area contributed by atoms with Crippen molar-refractivity contribution in [1.29, 1.82) is 0 Å². The summed E-state index contributed by atoms with van der Waals surface area (Å²) in [6, 6.07) is 7.79. The van der Waals surface area contributed by atoms with Gasteiger partial charge in [-0.15, -0.1) is 11.3 Å². The molecule has 140 valence electrons. The van der Waals surface area contributed by atoms with Crippen LogP contribution < -0.4 is 5.32 Å². The fraction of sp³-hybridized carbons (Fsp3) is 0.294. The molecule has 1 unspecified atom stereocenters. The van der Waals surface area contributed by atoms with E-state index in [9.17, 15) is 18.0 Å². The molecule has 0 radical (unpaired) electrons. The molecule has 0 aliphatic heterocycles. The number of benzene rings is 1. The van der Waals surface area contributed by atoms with Crippen LogP contribution in [-0.4, -0.2) is 44.8 Å². The third-order valence-electron chi connectivity index (χ3n) is 3.62. The third-order valence-corrected chi connectivity index (χ3v) is 6.28. The lowest BCUT2D eigenvalue weighted by molar-refractivity contribution is -0.123. The molecule has 1 amide bonds. The number of amides is 1. The molecule has 26 heavy (non-hydrogen) atoms. The van der Waals surface area contributed by atoms with Crippen molar-refractivity contribution in [3.05, 3.63) is 46.2 Å². The Balaban J connectivity index is 2.14. The first-order chi connectivity index (χ1) is 12.1. The largest absolute Gasteiger partial charge is 0.448 e. The van der Waals surface area contributed by atoms with E-state index in [1.54, 1.807) is 30.5 Å². The number of nitrogens with zero attached hydrogens (tertiary/aromatic N) is 1. The third kappa shape index (κ3) is 4.48. The van der Waals surface area contributed by atoms with Crippen LogP contribution >= 0.6 is 11.3 Å². The van der Waals surface area contributed by atoms with Gasteiger partial charge in [0, 0.05) is 19.8 Å². The number of nitrogens with one attached hydrogen (secondary N) is 1. The Morgan fingerprint density at radius 1 is 1.23 bits per heavy atom. The first-order valence-electron chi connectivity index (χ1n) is 7.71. The Morgan fingerprint density at radius 3 is 2.50 bits per heavy atom. The predicted octanol–water partition coefficient (Wildman–Crippen LogP) is 2.49. The SMILES string of the molecule is Cc1ccc(S(=O)(=O)N(C)C)cc1NC(=O)C(C)OC(=O)c1cccs1. The molecule has 2 aromatic rings. The zero-order valence-corrected chi connectivity index (χ0v) is 16.5. The number of rotatable bonds is 6. The monoisotopic (exact) mass is 396 g/mol. The highest BCUT2D eigenvalue weighted by Crippen LogP contribution is 2.22. The summed E-state index contributed by atoms with van der Waals surface area (Å²) in [4.78, 5) is 24.7. The van der Waals surface area contributed by atoms with Crippen LogP contribution in [0.2, 0.25) is 0 Å². The Morgan fingerprint density at radius 2 is 1.92 bits per heavy atom. The van der Waals surface area contributed by atoms with E-state index in [4.69, 9.17) is 4.74 Å². The van der Waals surface area contributed by atoms with Crippen molar-refractivity contribution in [2.45, 2.75) is 24.8 Å². The van der Waals surface area contributed by atoms with Crippen molar-refractivity contribution >= 4 is 38.9 Å². The Hall–Kier alpha value is -2.23. The molecule has 0 aliphatic carbocycles. The Labute approximate surface area is 156 Å². The number of thiophene rings is 1. The molecule has 1 heterocycles. The summed E-state index contributed by atoms with van der Waals surface area (Å²) in [5, 5.41) is 4.35. The van der Waals surface area contributed by atoms with Crippen molar-refractivity contribution < 1.29 is 22.7 Å². The molecule has 0 bridgehead atoms. The lowest BCUT2D eigenvalue weighted by Gasteiger charge is -2.16. The van der Waals surface area contributed by atoms with E-state index in [1.165, 1.54) is 44.5 Å². The zero-order valence-electron chi connectivity index (χ0n) is 14.8. The number of esters is 1. The van der Waals surface area contributed by atoms with Crippen LogP contribution in [0.25, 0.3) is 0 Å². The highest BCUT2D eigenvalue weighted by molar-refractivity contribution is 7.89. The van der Waals surface area contributed by atoms with Crippen molar-refractivity contribution in [3.63, 3.8) is 0 Å². The fourth-order valence-electron chi connectivity index (χ4n) is 2.01. The van der Waals surface area contributed by atoms with Crippen LogP contribution in [0.3, 0.4) is 0 Å². The lowest BCUT2D eigenvalue weighted by atomic mass is 10.2. The van der Waals surface area contributed by atoms with Gasteiger partial charge >= 0.3 is 5.97 Å². The minimum Gasteiger partial charge on any atom is -0.448 e. The van der Waals surface area contributed by atoms with E-state index in [1.807, 2.05) is 0 Å². The number of carbonyl (C=O) groups is 2. The average Bonchev–Trinajstić information content (AvgIpc) is 3.11. The molecular formula is C17H20N2O5S2. The summed E-state index contributed by atoms with van der Waals surface area (Å²) in [6.45, 7) is 3.20. The second kappa shape index (κ2) is 7.98. The Bertz CT molecular complexity index is 905. The smallest absolute Gasteiger partial charge is 0.349 e. The van der Waals surface area contributed by atoms with Crippen LogP contribution in [0.15, 0.2) is 40.6 Å². The highest BCUT2D eigenvalue weighted by Gasteiger charge is 2.22. The summed E-state index contributed by atoms with van der Waals surface area (Å²) in [7, 11) is -0.763. The molecule has 7 nitrogen and oxygen atoms in total. The zero-order chi connectivity index (χ0) is 19.5. The summed E-state index contributed by atoms with van der Waals surface area (Å²) in [6.07, 6.45) is -1.03. The molecule has 1 atom stereocenters. The first kappa shape index (κ1) is 20.1. The van der Waals surface area contributed by atoms with Crippen molar-refractivity contribution in [1.82, 2.24) is 4.31 Å². The number of carbonyl (C=O) groups excluding carboxylic acids is 2. The molecule has 0 aliphatic rings. The van der Waals surface area contributed by atoms with Crippen LogP contribution in [-0.2, 0) is 19.6 Å². The second-order valence-corrected chi connectivity index (χ2v) is 8.88. The van der Waals surface area contributed by atoms with Crippen LogP contribution in [0.4, 0.5) is 5.69 Å². The van der Waals surface area contributed by atoms with E-state index < -0.39 is 28.0 Å². The maximum absolute atomic E-state index is 12.3. The molecule has 0 saturated heterocycles. The summed E-state index contributed by atoms with van der Waals surface area (Å²) in [5.41, 5.74) is 1.03. The van der Waals surface area contributed by atoms with Crippen molar-refractivity contribution in [2.75, 3.05) is 19.4 Å². The van der Waals surface area contributed by atoms with Gasteiger partial charge in [0.2, 0.25) is 10.0 Å². The van der Waals surface area contributed by atoms with E-state index in [0.29, 0.717) is 16.1 Å². The summed E-state index contributed by atoms with van der Waals surface area (Å²) in [5.74, 6) is -1.12. The number of hydrogen-bond donors (Lipinski definition) is 1. The summed E-state index contributed by atoms with van der Waals surface area (Å²) >= 11 is 1.22. The quantitative estimate of drug-likeness (QED) is 0.758. The molecule has 1 aromatic carbocycles. The molecular weight excluding hydrogens is 376 g/mol. The van der Waals surface area contributed by atoms with E-state index >= 15 is 0 Å². The molecule has 0 fully saturated rings. The molecule has 9 heteroatoms. The number of hydrogen-bond acceptors (Lipinski definition) is 6. The number of sulfonamides is 1. The van der Waals surface area contributed by atoms with Gasteiger partial charge < -0.3 is 10.1 Å². The van der Waals surface area contributed by atoms with Gasteiger partial charge in [0.15, 0.2) is 6.10 Å². The van der Waals surface area contributed by atoms with E-state index in [2.05, 4.69) is 5.32 Å². The van der Waals surface area contributed by atoms with Crippen molar-refractivity contribution in [2.24, 2.45) is 0 Å². The van der Waals surface area contributed by atoms with Crippen molar-refractivity contribution in [3.8, 4) is 0 Å². The minimum atomic E-state index is -3.62. The van der Waals surface area contributed by atoms with Gasteiger partial charge in [0.05, 0.1) is 4.90 Å². The fourth-order valence-corrected chi connectivity index (χ4v) is 3.54. The van der Waals surface area contributed by atoms with Gasteiger partial charge in [0.25, 0.3) is 5.91 Å². The number of aryl methyl sites for hydroxylation is 1. The first-order valence-corrected chi connectivity index (χ1v) is 10.0. The van der Waals surface area contributed by atoms with Crippen LogP contribution in [0.1, 0.15) is 22.2 Å². The van der Waals surface area contributed by atoms with Crippen LogP contribution in [0, 0.1) is 6.92 Å². The van der Waals surface area contributed by atoms with Gasteiger partial charge in [-0.2, -0.15) is 0 Å². The maximum atomic E-state index is 12.3. The molecule has 2 rings (SSSR count). The molecule has 1 N–H and O–H groups in total. The molecule has 0 saturated carbocycles. The lowest BCUT2D eigenvalue weighted by Crippen LogP contribution is -2.30. The number of ether oxygens (including phenoxy) is 1. The number of anilines is 1. The van der Waals surface area contributed by atoms with Gasteiger partial charge in [-0.05, 0) is 43.0 Å². The summed E-state index contributed by atoms with van der Waals surface area (Å²) < 4.78 is 30.7. The normalized spacial score (nSPS) is 12.7. The predicted molar refractivity (Wildman–Crippen MR) is 99.9 cm³/mol. The maximum Gasteiger partial charge on any atom is 0.349 e. The highest BCUT2D eigenvalue weighted by atomic mass is 32.2. The van der Waals surface area contributed by atoms with Gasteiger partial charge in [-0.3, -0.25) is 4.79 Å². The topological polar surface area (TPSA) is 92.8 Å². The molecule has 0 spiro atoms. The van der Waals surface area contributed by atoms with Gasteiger partial charge in [-0.1, -0.05) is 12.1 Å². The average molecular weight is 396 g/mol. The van der Waals surface area contributed by atoms with E-state index in [-0.39, 0.29) is 4.90 Å². The van der Waals surface area contributed by atoms with Gasteiger partial charge in [-0.25, -0.2) is 17.5 Å². The van der Waals surface area contributed by atoms with Crippen LogP contribution in [0.5, 0.6) is 0 Å². The standard InChI is InChI=1S/C17H20N2O5S2/c1-11-7-8-13(26(22,23)19(3)4)10-14(11)18-16(20)12(2)24-17(21)15-6-5-9-25-15/h5-10,12H,1-4H3,(H,18,20). The minimum absolute atomic E-state index is 0.0617. The van der Waals surface area contributed by atoms with Gasteiger partial charge in [0.1, 0.15) is 4.88 Å². The molecule has 1 aromatic heterocycles. The second-order valence-electron chi connectivity index (χ2n) is 5.78.